The number of nitrogens with one attached hydrogen (secondary N) is 3. The summed E-state index contributed by atoms with van der Waals surface area (Å²) in [6.45, 7) is 1.30. The van der Waals surface area contributed by atoms with E-state index in [1.165, 1.54) is 0 Å². The van der Waals surface area contributed by atoms with Crippen LogP contribution in [0.25, 0.3) is 0 Å². The molecule has 9 heteroatoms. The molecule has 120 valence electrons. The van der Waals surface area contributed by atoms with Gasteiger partial charge in [0, 0.05) is 16.4 Å². The van der Waals surface area contributed by atoms with E-state index in [4.69, 9.17) is 4.74 Å². The zero-order valence-electron chi connectivity index (χ0n) is 11.9. The van der Waals surface area contributed by atoms with Crippen molar-refractivity contribution in [3.8, 4) is 0 Å². The van der Waals surface area contributed by atoms with Gasteiger partial charge in [-0.25, -0.2) is 9.59 Å². The molecule has 0 aliphatic carbocycles. The van der Waals surface area contributed by atoms with E-state index in [9.17, 15) is 19.2 Å². The maximum absolute atomic E-state index is 11.7. The molecule has 0 aliphatic rings. The molecule has 1 amide bonds. The van der Waals surface area contributed by atoms with Crippen LogP contribution in [-0.4, -0.2) is 28.5 Å². The summed E-state index contributed by atoms with van der Waals surface area (Å²) in [7, 11) is 0. The van der Waals surface area contributed by atoms with Gasteiger partial charge in [0.2, 0.25) is 0 Å². The summed E-state index contributed by atoms with van der Waals surface area (Å²) < 4.78 is 5.64. The number of anilines is 1. The molecule has 2 rings (SSSR count). The molecule has 0 spiro atoms. The summed E-state index contributed by atoms with van der Waals surface area (Å²) in [6.07, 6.45) is 0.930. The molecule has 3 N–H and O–H groups in total. The summed E-state index contributed by atoms with van der Waals surface area (Å²) in [4.78, 5) is 49.7. The van der Waals surface area contributed by atoms with E-state index in [2.05, 4.69) is 26.2 Å². The topological polar surface area (TPSA) is 121 Å². The third kappa shape index (κ3) is 4.39. The summed E-state index contributed by atoms with van der Waals surface area (Å²) in [5.74, 6) is -1.56. The van der Waals surface area contributed by atoms with E-state index in [1.54, 1.807) is 18.2 Å². The number of aromatic nitrogens is 2. The fraction of sp³-hybridized carbons (Fsp3) is 0.143. The minimum atomic E-state index is -1.01. The van der Waals surface area contributed by atoms with Crippen LogP contribution in [0, 0.1) is 6.92 Å². The molecular weight excluding hydrogens is 370 g/mol. The molecule has 23 heavy (non-hydrogen) atoms. The number of amides is 1. The lowest BCUT2D eigenvalue weighted by molar-refractivity contribution is -0.119. The highest BCUT2D eigenvalue weighted by Crippen LogP contribution is 2.19. The van der Waals surface area contributed by atoms with Crippen molar-refractivity contribution in [2.45, 2.75) is 6.92 Å². The lowest BCUT2D eigenvalue weighted by Gasteiger charge is -2.07. The molecule has 1 aromatic carbocycles. The molecule has 8 nitrogen and oxygen atoms in total. The second-order valence-corrected chi connectivity index (χ2v) is 5.43. The number of aromatic amines is 2. The zero-order chi connectivity index (χ0) is 17.0. The SMILES string of the molecule is Cc1cc(NC(=O)COC(=O)c2c[nH]c(=O)[nH]c2=O)ccc1Br. The van der Waals surface area contributed by atoms with Crippen molar-refractivity contribution in [2.75, 3.05) is 11.9 Å². The Kier molecular flexibility index (Phi) is 5.12. The van der Waals surface area contributed by atoms with Crippen molar-refractivity contribution in [2.24, 2.45) is 0 Å². The van der Waals surface area contributed by atoms with Crippen LogP contribution in [0.3, 0.4) is 0 Å². The van der Waals surface area contributed by atoms with Crippen molar-refractivity contribution in [1.82, 2.24) is 9.97 Å². The predicted octanol–water partition coefficient (Wildman–Crippen LogP) is 0.930. The Morgan fingerprint density at radius 3 is 2.70 bits per heavy atom. The van der Waals surface area contributed by atoms with E-state index >= 15 is 0 Å². The number of halogens is 1. The Bertz CT molecular complexity index is 871. The number of aryl methyl sites for hydroxylation is 1. The Hall–Kier alpha value is -2.68. The average Bonchev–Trinajstić information content (AvgIpc) is 2.48. The van der Waals surface area contributed by atoms with Crippen LogP contribution in [0.2, 0.25) is 0 Å². The van der Waals surface area contributed by atoms with Crippen molar-refractivity contribution >= 4 is 33.5 Å². The van der Waals surface area contributed by atoms with Gasteiger partial charge < -0.3 is 15.0 Å². The van der Waals surface area contributed by atoms with Crippen molar-refractivity contribution in [1.29, 1.82) is 0 Å². The number of carbonyl (C=O) groups is 2. The monoisotopic (exact) mass is 381 g/mol. The molecule has 0 radical (unpaired) electrons. The van der Waals surface area contributed by atoms with E-state index in [0.717, 1.165) is 16.2 Å². The van der Waals surface area contributed by atoms with Gasteiger partial charge in [-0.15, -0.1) is 0 Å². The van der Waals surface area contributed by atoms with Crippen molar-refractivity contribution < 1.29 is 14.3 Å². The minimum absolute atomic E-state index is 0.392. The van der Waals surface area contributed by atoms with Crippen LogP contribution >= 0.6 is 15.9 Å². The van der Waals surface area contributed by atoms with Gasteiger partial charge in [0.1, 0.15) is 5.56 Å². The minimum Gasteiger partial charge on any atom is -0.452 e. The fourth-order valence-corrected chi connectivity index (χ4v) is 1.94. The van der Waals surface area contributed by atoms with Crippen LogP contribution in [-0.2, 0) is 9.53 Å². The molecule has 1 heterocycles. The van der Waals surface area contributed by atoms with Gasteiger partial charge in [-0.3, -0.25) is 14.6 Å². The second-order valence-electron chi connectivity index (χ2n) is 4.57. The molecule has 0 unspecified atom stereocenters. The zero-order valence-corrected chi connectivity index (χ0v) is 13.5. The number of rotatable bonds is 4. The Morgan fingerprint density at radius 2 is 2.04 bits per heavy atom. The molecule has 2 aromatic rings. The second kappa shape index (κ2) is 7.05. The molecule has 0 saturated heterocycles. The van der Waals surface area contributed by atoms with Gasteiger partial charge in [-0.1, -0.05) is 15.9 Å². The number of hydrogen-bond acceptors (Lipinski definition) is 5. The Labute approximate surface area is 138 Å². The first kappa shape index (κ1) is 16.7. The van der Waals surface area contributed by atoms with E-state index in [0.29, 0.717) is 5.69 Å². The van der Waals surface area contributed by atoms with E-state index in [-0.39, 0.29) is 0 Å². The maximum Gasteiger partial charge on any atom is 0.345 e. The highest BCUT2D eigenvalue weighted by molar-refractivity contribution is 9.10. The first-order valence-corrected chi connectivity index (χ1v) is 7.21. The maximum atomic E-state index is 11.7. The van der Waals surface area contributed by atoms with Gasteiger partial charge in [0.05, 0.1) is 0 Å². The summed E-state index contributed by atoms with van der Waals surface area (Å²) >= 11 is 3.34. The Balaban J connectivity index is 1.95. The predicted molar refractivity (Wildman–Crippen MR) is 85.5 cm³/mol. The average molecular weight is 382 g/mol. The first-order chi connectivity index (χ1) is 10.9. The largest absolute Gasteiger partial charge is 0.452 e. The number of hydrogen-bond donors (Lipinski definition) is 3. The molecule has 1 aromatic heterocycles. The third-order valence-corrected chi connectivity index (χ3v) is 3.71. The van der Waals surface area contributed by atoms with Crippen LogP contribution in [0.15, 0.2) is 38.5 Å². The molecule has 0 aliphatic heterocycles. The van der Waals surface area contributed by atoms with Gasteiger partial charge >= 0.3 is 11.7 Å². The van der Waals surface area contributed by atoms with E-state index in [1.807, 2.05) is 11.9 Å². The highest BCUT2D eigenvalue weighted by Gasteiger charge is 2.14. The number of H-pyrrole nitrogens is 2. The number of benzene rings is 1. The molecule has 0 atom stereocenters. The number of carbonyl (C=O) groups excluding carboxylic acids is 2. The standard InChI is InChI=1S/C14H12BrN3O5/c1-7-4-8(2-3-10(7)15)17-11(19)6-23-13(21)9-5-16-14(22)18-12(9)20/h2-5H,6H2,1H3,(H,17,19)(H2,16,18,20,22). The van der Waals surface area contributed by atoms with Gasteiger partial charge in [0.25, 0.3) is 11.5 Å². The quantitative estimate of drug-likeness (QED) is 0.680. The van der Waals surface area contributed by atoms with Gasteiger partial charge in [-0.05, 0) is 30.7 Å². The summed E-state index contributed by atoms with van der Waals surface area (Å²) in [6, 6.07) is 5.21. The lowest BCUT2D eigenvalue weighted by atomic mass is 10.2. The molecule has 0 fully saturated rings. The summed E-state index contributed by atoms with van der Waals surface area (Å²) in [5, 5.41) is 2.56. The number of esters is 1. The summed E-state index contributed by atoms with van der Waals surface area (Å²) in [5.41, 5.74) is -0.539. The molecular formula is C14H12BrN3O5. The smallest absolute Gasteiger partial charge is 0.345 e. The van der Waals surface area contributed by atoms with Crippen LogP contribution in [0.4, 0.5) is 5.69 Å². The number of ether oxygens (including phenoxy) is 1. The normalized spacial score (nSPS) is 10.2. The third-order valence-electron chi connectivity index (χ3n) is 2.82. The van der Waals surface area contributed by atoms with Crippen LogP contribution < -0.4 is 16.6 Å². The Morgan fingerprint density at radius 1 is 1.30 bits per heavy atom. The van der Waals surface area contributed by atoms with Gasteiger partial charge in [0.15, 0.2) is 6.61 Å². The molecule has 0 bridgehead atoms. The fourth-order valence-electron chi connectivity index (χ4n) is 1.69. The van der Waals surface area contributed by atoms with Crippen molar-refractivity contribution in [3.63, 3.8) is 0 Å². The van der Waals surface area contributed by atoms with Crippen LogP contribution in [0.5, 0.6) is 0 Å². The van der Waals surface area contributed by atoms with Crippen molar-refractivity contribution in [3.05, 3.63) is 60.8 Å². The lowest BCUT2D eigenvalue weighted by Crippen LogP contribution is -2.29. The first-order valence-electron chi connectivity index (χ1n) is 6.42. The van der Waals surface area contributed by atoms with Gasteiger partial charge in [-0.2, -0.15) is 0 Å². The van der Waals surface area contributed by atoms with E-state index < -0.39 is 35.3 Å². The molecule has 0 saturated carbocycles. The van der Waals surface area contributed by atoms with Crippen LogP contribution in [0.1, 0.15) is 15.9 Å². The highest BCUT2D eigenvalue weighted by atomic mass is 79.9.